The van der Waals surface area contributed by atoms with Gasteiger partial charge in [-0.2, -0.15) is 0 Å². The van der Waals surface area contributed by atoms with Crippen molar-refractivity contribution >= 4 is 29.9 Å². The molecular weight excluding hydrogens is 396 g/mol. The van der Waals surface area contributed by atoms with Crippen molar-refractivity contribution in [1.29, 1.82) is 0 Å². The maximum Gasteiger partial charge on any atom is 0.269 e. The van der Waals surface area contributed by atoms with Gasteiger partial charge in [0.2, 0.25) is 5.91 Å². The Hall–Kier alpha value is -2.97. The molecule has 1 heterocycles. The third-order valence-corrected chi connectivity index (χ3v) is 4.91. The number of benzene rings is 2. The Balaban J connectivity index is 0.00000300. The van der Waals surface area contributed by atoms with Gasteiger partial charge < -0.3 is 15.5 Å². The van der Waals surface area contributed by atoms with Gasteiger partial charge >= 0.3 is 0 Å². The summed E-state index contributed by atoms with van der Waals surface area (Å²) in [6.07, 6.45) is 0. The van der Waals surface area contributed by atoms with Crippen LogP contribution in [0.15, 0.2) is 48.5 Å². The molecule has 0 saturated carbocycles. The van der Waals surface area contributed by atoms with Crippen molar-refractivity contribution in [2.45, 2.75) is 13.0 Å². The number of rotatable bonds is 4. The van der Waals surface area contributed by atoms with Gasteiger partial charge in [0, 0.05) is 43.9 Å². The first-order chi connectivity index (χ1) is 13.4. The van der Waals surface area contributed by atoms with Crippen LogP contribution >= 0.6 is 12.4 Å². The molecule has 0 radical (unpaired) electrons. The molecule has 0 aromatic heterocycles. The Bertz CT molecular complexity index is 878. The van der Waals surface area contributed by atoms with Gasteiger partial charge in [0.25, 0.3) is 11.6 Å². The van der Waals surface area contributed by atoms with E-state index in [2.05, 4.69) is 0 Å². The first kappa shape index (κ1) is 22.3. The van der Waals surface area contributed by atoms with E-state index in [1.165, 1.54) is 24.3 Å². The van der Waals surface area contributed by atoms with Crippen LogP contribution in [0.25, 0.3) is 0 Å². The molecule has 0 aliphatic carbocycles. The predicted octanol–water partition coefficient (Wildman–Crippen LogP) is 2.31. The number of amides is 2. The molecular formula is C20H23ClN4O4. The van der Waals surface area contributed by atoms with Crippen LogP contribution in [-0.2, 0) is 4.79 Å². The normalized spacial score (nSPS) is 14.7. The van der Waals surface area contributed by atoms with Crippen LogP contribution in [-0.4, -0.2) is 52.7 Å². The molecule has 1 fully saturated rings. The minimum absolute atomic E-state index is 0. The number of halogens is 1. The number of carbonyl (C=O) groups excluding carboxylic acids is 2. The highest BCUT2D eigenvalue weighted by Crippen LogP contribution is 2.18. The summed E-state index contributed by atoms with van der Waals surface area (Å²) < 4.78 is 0. The van der Waals surface area contributed by atoms with Crippen molar-refractivity contribution < 1.29 is 14.5 Å². The third-order valence-electron chi connectivity index (χ3n) is 4.91. The summed E-state index contributed by atoms with van der Waals surface area (Å²) in [4.78, 5) is 38.8. The van der Waals surface area contributed by atoms with Gasteiger partial charge in [-0.05, 0) is 24.6 Å². The smallest absolute Gasteiger partial charge is 0.269 e. The van der Waals surface area contributed by atoms with E-state index in [0.717, 1.165) is 11.1 Å². The van der Waals surface area contributed by atoms with Crippen LogP contribution in [0, 0.1) is 17.0 Å². The molecule has 2 amide bonds. The average molecular weight is 419 g/mol. The number of nitro groups is 1. The van der Waals surface area contributed by atoms with Crippen molar-refractivity contribution in [2.75, 3.05) is 26.2 Å². The SMILES string of the molecule is Cc1ccc(C(N)C(=O)N2CCN(C(=O)c3ccc([N+](=O)[O-])cc3)CC2)cc1.Cl. The zero-order chi connectivity index (χ0) is 20.3. The molecule has 0 bridgehead atoms. The second kappa shape index (κ2) is 9.49. The molecule has 2 aromatic carbocycles. The Morgan fingerprint density at radius 2 is 1.48 bits per heavy atom. The Labute approximate surface area is 174 Å². The van der Waals surface area contributed by atoms with Gasteiger partial charge in [-0.3, -0.25) is 19.7 Å². The van der Waals surface area contributed by atoms with Crippen LogP contribution in [0.3, 0.4) is 0 Å². The molecule has 1 aliphatic rings. The lowest BCUT2D eigenvalue weighted by Gasteiger charge is -2.36. The molecule has 1 atom stereocenters. The van der Waals surface area contributed by atoms with Crippen LogP contribution in [0.4, 0.5) is 5.69 Å². The third kappa shape index (κ3) is 5.10. The van der Waals surface area contributed by atoms with Crippen molar-refractivity contribution in [3.8, 4) is 0 Å². The number of hydrogen-bond acceptors (Lipinski definition) is 5. The Morgan fingerprint density at radius 3 is 2.00 bits per heavy atom. The fraction of sp³-hybridized carbons (Fsp3) is 0.300. The van der Waals surface area contributed by atoms with E-state index in [0.29, 0.717) is 31.7 Å². The molecule has 29 heavy (non-hydrogen) atoms. The topological polar surface area (TPSA) is 110 Å². The number of nitrogens with two attached hydrogens (primary N) is 1. The minimum atomic E-state index is -0.725. The zero-order valence-corrected chi connectivity index (χ0v) is 16.8. The summed E-state index contributed by atoms with van der Waals surface area (Å²) in [5.74, 6) is -0.365. The first-order valence-corrected chi connectivity index (χ1v) is 9.01. The molecule has 8 nitrogen and oxygen atoms in total. The molecule has 154 valence electrons. The maximum absolute atomic E-state index is 12.7. The lowest BCUT2D eigenvalue weighted by molar-refractivity contribution is -0.384. The van der Waals surface area contributed by atoms with E-state index in [9.17, 15) is 19.7 Å². The van der Waals surface area contributed by atoms with E-state index >= 15 is 0 Å². The number of hydrogen-bond donors (Lipinski definition) is 1. The second-order valence-corrected chi connectivity index (χ2v) is 6.81. The number of carbonyl (C=O) groups is 2. The van der Waals surface area contributed by atoms with Crippen molar-refractivity contribution in [2.24, 2.45) is 5.73 Å². The lowest BCUT2D eigenvalue weighted by Crippen LogP contribution is -2.52. The highest BCUT2D eigenvalue weighted by Gasteiger charge is 2.28. The molecule has 0 spiro atoms. The molecule has 1 unspecified atom stereocenters. The summed E-state index contributed by atoms with van der Waals surface area (Å²) in [6.45, 7) is 3.55. The Morgan fingerprint density at radius 1 is 0.966 bits per heavy atom. The van der Waals surface area contributed by atoms with E-state index in [1.54, 1.807) is 9.80 Å². The first-order valence-electron chi connectivity index (χ1n) is 9.01. The fourth-order valence-corrected chi connectivity index (χ4v) is 3.15. The van der Waals surface area contributed by atoms with E-state index in [-0.39, 0.29) is 29.9 Å². The van der Waals surface area contributed by atoms with Crippen LogP contribution < -0.4 is 5.73 Å². The van der Waals surface area contributed by atoms with Gasteiger partial charge in [0.15, 0.2) is 0 Å². The van der Waals surface area contributed by atoms with Gasteiger partial charge in [0.1, 0.15) is 6.04 Å². The van der Waals surface area contributed by atoms with E-state index < -0.39 is 11.0 Å². The van der Waals surface area contributed by atoms with Crippen molar-refractivity contribution in [3.05, 3.63) is 75.3 Å². The average Bonchev–Trinajstić information content (AvgIpc) is 2.73. The second-order valence-electron chi connectivity index (χ2n) is 6.81. The molecule has 3 rings (SSSR count). The van der Waals surface area contributed by atoms with Crippen LogP contribution in [0.1, 0.15) is 27.5 Å². The molecule has 2 aromatic rings. The summed E-state index contributed by atoms with van der Waals surface area (Å²) in [6, 6.07) is 12.3. The monoisotopic (exact) mass is 418 g/mol. The molecule has 1 aliphatic heterocycles. The number of piperazine rings is 1. The Kier molecular flexibility index (Phi) is 7.30. The number of nitro benzene ring substituents is 1. The minimum Gasteiger partial charge on any atom is -0.337 e. The highest BCUT2D eigenvalue weighted by atomic mass is 35.5. The fourth-order valence-electron chi connectivity index (χ4n) is 3.15. The highest BCUT2D eigenvalue weighted by molar-refractivity contribution is 5.94. The molecule has 9 heteroatoms. The summed E-state index contributed by atoms with van der Waals surface area (Å²) in [5, 5.41) is 10.7. The summed E-state index contributed by atoms with van der Waals surface area (Å²) in [7, 11) is 0. The molecule has 2 N–H and O–H groups in total. The van der Waals surface area contributed by atoms with Gasteiger partial charge in [-0.1, -0.05) is 29.8 Å². The maximum atomic E-state index is 12.7. The molecule has 1 saturated heterocycles. The van der Waals surface area contributed by atoms with Crippen molar-refractivity contribution in [3.63, 3.8) is 0 Å². The largest absolute Gasteiger partial charge is 0.337 e. The van der Waals surface area contributed by atoms with Crippen LogP contribution in [0.5, 0.6) is 0 Å². The van der Waals surface area contributed by atoms with Gasteiger partial charge in [-0.25, -0.2) is 0 Å². The lowest BCUT2D eigenvalue weighted by atomic mass is 10.0. The summed E-state index contributed by atoms with van der Waals surface area (Å²) >= 11 is 0. The summed E-state index contributed by atoms with van der Waals surface area (Å²) in [5.41, 5.74) is 8.31. The van der Waals surface area contributed by atoms with E-state index in [1.807, 2.05) is 31.2 Å². The van der Waals surface area contributed by atoms with Crippen LogP contribution in [0.2, 0.25) is 0 Å². The quantitative estimate of drug-likeness (QED) is 0.605. The number of nitrogens with zero attached hydrogens (tertiary/aromatic N) is 3. The van der Waals surface area contributed by atoms with Crippen molar-refractivity contribution in [1.82, 2.24) is 9.80 Å². The number of non-ortho nitro benzene ring substituents is 1. The predicted molar refractivity (Wildman–Crippen MR) is 111 cm³/mol. The number of aryl methyl sites for hydroxylation is 1. The zero-order valence-electron chi connectivity index (χ0n) is 16.0. The van der Waals surface area contributed by atoms with E-state index in [4.69, 9.17) is 5.73 Å². The van der Waals surface area contributed by atoms with Gasteiger partial charge in [0.05, 0.1) is 4.92 Å². The standard InChI is InChI=1S/C20H22N4O4.ClH/c1-14-2-4-15(5-3-14)18(21)20(26)23-12-10-22(11-13-23)19(25)16-6-8-17(9-7-16)24(27)28;/h2-9,18H,10-13,21H2,1H3;1H. The van der Waals surface area contributed by atoms with Gasteiger partial charge in [-0.15, -0.1) is 12.4 Å².